The van der Waals surface area contributed by atoms with Crippen molar-refractivity contribution < 1.29 is 18.7 Å². The number of carbonyl (C=O) groups excluding carboxylic acids is 2. The third-order valence-corrected chi connectivity index (χ3v) is 4.39. The maximum Gasteiger partial charge on any atom is 0.291 e. The Balaban J connectivity index is 1.82. The lowest BCUT2D eigenvalue weighted by Crippen LogP contribution is -2.26. The highest BCUT2D eigenvalue weighted by molar-refractivity contribution is 9.10. The number of amides is 2. The topological polar surface area (TPSA) is 122 Å². The van der Waals surface area contributed by atoms with E-state index in [1.54, 1.807) is 16.9 Å². The van der Waals surface area contributed by atoms with Gasteiger partial charge >= 0.3 is 0 Å². The van der Waals surface area contributed by atoms with Crippen LogP contribution in [0.25, 0.3) is 0 Å². The van der Waals surface area contributed by atoms with Crippen LogP contribution in [0.3, 0.4) is 0 Å². The van der Waals surface area contributed by atoms with E-state index in [0.717, 1.165) is 19.3 Å². The third kappa shape index (κ3) is 4.75. The number of furan rings is 1. The fourth-order valence-corrected chi connectivity index (χ4v) is 2.97. The standard InChI is InChI=1S/C17H18BrN5O4/c18-13-6-5-12(27-13)16(24)21-11-10-23(14-4-1-2-9-26-14)22-15(11)17(25)20-8-3-7-19/h5-6,10,14H,1-4,8-9H2,(H,20,25)(H,21,24). The molecule has 0 aromatic carbocycles. The Morgan fingerprint density at radius 3 is 2.89 bits per heavy atom. The summed E-state index contributed by atoms with van der Waals surface area (Å²) in [5, 5.41) is 18.2. The van der Waals surface area contributed by atoms with Gasteiger partial charge in [-0.3, -0.25) is 9.59 Å². The van der Waals surface area contributed by atoms with Gasteiger partial charge in [0, 0.05) is 13.2 Å². The summed E-state index contributed by atoms with van der Waals surface area (Å²) in [4.78, 5) is 24.8. The van der Waals surface area contributed by atoms with E-state index in [4.69, 9.17) is 14.4 Å². The molecular formula is C17H18BrN5O4. The van der Waals surface area contributed by atoms with E-state index in [1.165, 1.54) is 6.07 Å². The number of aromatic nitrogens is 2. The van der Waals surface area contributed by atoms with Crippen LogP contribution in [0, 0.1) is 11.3 Å². The molecule has 27 heavy (non-hydrogen) atoms. The number of anilines is 1. The van der Waals surface area contributed by atoms with Crippen LogP contribution in [0.1, 0.15) is 53.0 Å². The fraction of sp³-hybridized carbons (Fsp3) is 0.412. The molecule has 3 heterocycles. The van der Waals surface area contributed by atoms with Gasteiger partial charge < -0.3 is 19.8 Å². The Bertz CT molecular complexity index is 863. The van der Waals surface area contributed by atoms with Gasteiger partial charge in [0.25, 0.3) is 11.8 Å². The summed E-state index contributed by atoms with van der Waals surface area (Å²) in [6, 6.07) is 5.07. The monoisotopic (exact) mass is 435 g/mol. The van der Waals surface area contributed by atoms with E-state index >= 15 is 0 Å². The average molecular weight is 436 g/mol. The minimum atomic E-state index is -0.504. The van der Waals surface area contributed by atoms with Crippen LogP contribution in [-0.2, 0) is 4.74 Å². The number of hydrogen-bond donors (Lipinski definition) is 2. The highest BCUT2D eigenvalue weighted by Gasteiger charge is 2.24. The number of halogens is 1. The van der Waals surface area contributed by atoms with E-state index in [2.05, 4.69) is 31.7 Å². The van der Waals surface area contributed by atoms with Crippen molar-refractivity contribution in [1.82, 2.24) is 15.1 Å². The van der Waals surface area contributed by atoms with E-state index < -0.39 is 11.8 Å². The first-order valence-electron chi connectivity index (χ1n) is 8.51. The largest absolute Gasteiger partial charge is 0.444 e. The highest BCUT2D eigenvalue weighted by Crippen LogP contribution is 2.25. The maximum absolute atomic E-state index is 12.4. The van der Waals surface area contributed by atoms with Crippen LogP contribution in [0.4, 0.5) is 5.69 Å². The van der Waals surface area contributed by atoms with E-state index in [9.17, 15) is 9.59 Å². The molecule has 142 valence electrons. The molecule has 1 aliphatic rings. The van der Waals surface area contributed by atoms with Gasteiger partial charge in [-0.05, 0) is 47.3 Å². The lowest BCUT2D eigenvalue weighted by atomic mass is 10.2. The van der Waals surface area contributed by atoms with Crippen molar-refractivity contribution in [2.45, 2.75) is 31.9 Å². The second kappa shape index (κ2) is 8.83. The van der Waals surface area contributed by atoms with Crippen molar-refractivity contribution >= 4 is 33.4 Å². The minimum Gasteiger partial charge on any atom is -0.444 e. The molecule has 0 bridgehead atoms. The second-order valence-corrected chi connectivity index (χ2v) is 6.70. The van der Waals surface area contributed by atoms with Crippen LogP contribution in [0.5, 0.6) is 0 Å². The van der Waals surface area contributed by atoms with E-state index in [1.807, 2.05) is 6.07 Å². The molecule has 0 saturated carbocycles. The molecule has 0 spiro atoms. The van der Waals surface area contributed by atoms with Gasteiger partial charge in [0.15, 0.2) is 16.1 Å². The Hall–Kier alpha value is -2.64. The number of ether oxygens (including phenoxy) is 1. The molecule has 2 N–H and O–H groups in total. The highest BCUT2D eigenvalue weighted by atomic mass is 79.9. The van der Waals surface area contributed by atoms with Crippen LogP contribution < -0.4 is 10.6 Å². The molecule has 3 rings (SSSR count). The first kappa shape index (κ1) is 19.1. The van der Waals surface area contributed by atoms with Crippen LogP contribution in [0.15, 0.2) is 27.4 Å². The summed E-state index contributed by atoms with van der Waals surface area (Å²) in [6.45, 7) is 0.816. The predicted octanol–water partition coefficient (Wildman–Crippen LogP) is 2.83. The van der Waals surface area contributed by atoms with Gasteiger partial charge in [-0.25, -0.2) is 4.68 Å². The molecule has 2 aromatic rings. The zero-order valence-corrected chi connectivity index (χ0v) is 16.0. The Labute approximate surface area is 163 Å². The summed E-state index contributed by atoms with van der Waals surface area (Å²) in [5.41, 5.74) is 0.303. The number of nitriles is 1. The molecule has 1 saturated heterocycles. The number of nitrogens with one attached hydrogen (secondary N) is 2. The number of nitrogens with zero attached hydrogens (tertiary/aromatic N) is 3. The SMILES string of the molecule is N#CCCNC(=O)c1nn(C2CCCCO2)cc1NC(=O)c1ccc(Br)o1. The number of hydrogen-bond acceptors (Lipinski definition) is 6. The number of carbonyl (C=O) groups is 2. The predicted molar refractivity (Wildman–Crippen MR) is 98.0 cm³/mol. The Kier molecular flexibility index (Phi) is 6.26. The van der Waals surface area contributed by atoms with Gasteiger partial charge in [0.2, 0.25) is 0 Å². The molecule has 10 heteroatoms. The van der Waals surface area contributed by atoms with Crippen molar-refractivity contribution in [2.75, 3.05) is 18.5 Å². The summed E-state index contributed by atoms with van der Waals surface area (Å²) in [7, 11) is 0. The molecule has 1 atom stereocenters. The van der Waals surface area contributed by atoms with Crippen molar-refractivity contribution in [3.8, 4) is 6.07 Å². The first-order valence-corrected chi connectivity index (χ1v) is 9.30. The third-order valence-electron chi connectivity index (χ3n) is 3.97. The molecule has 1 aliphatic heterocycles. The molecule has 0 aliphatic carbocycles. The molecule has 1 unspecified atom stereocenters. The summed E-state index contributed by atoms with van der Waals surface area (Å²) in [5.74, 6) is -0.883. The quantitative estimate of drug-likeness (QED) is 0.672. The second-order valence-electron chi connectivity index (χ2n) is 5.91. The molecule has 0 radical (unpaired) electrons. The lowest BCUT2D eigenvalue weighted by Gasteiger charge is -2.22. The zero-order valence-electron chi connectivity index (χ0n) is 14.4. The Morgan fingerprint density at radius 1 is 1.37 bits per heavy atom. The Morgan fingerprint density at radius 2 is 2.22 bits per heavy atom. The molecular weight excluding hydrogens is 418 g/mol. The van der Waals surface area contributed by atoms with Crippen molar-refractivity contribution in [3.05, 3.63) is 34.5 Å². The summed E-state index contributed by atoms with van der Waals surface area (Å²) in [6.07, 6.45) is 4.22. The van der Waals surface area contributed by atoms with Crippen molar-refractivity contribution in [3.63, 3.8) is 0 Å². The molecule has 1 fully saturated rings. The van der Waals surface area contributed by atoms with Crippen LogP contribution in [0.2, 0.25) is 0 Å². The first-order chi connectivity index (χ1) is 13.1. The van der Waals surface area contributed by atoms with Crippen molar-refractivity contribution in [1.29, 1.82) is 5.26 Å². The fourth-order valence-electron chi connectivity index (χ4n) is 2.67. The smallest absolute Gasteiger partial charge is 0.291 e. The molecule has 2 aromatic heterocycles. The van der Waals surface area contributed by atoms with Crippen LogP contribution in [-0.4, -0.2) is 34.7 Å². The summed E-state index contributed by atoms with van der Waals surface area (Å²) >= 11 is 3.14. The molecule has 2 amide bonds. The van der Waals surface area contributed by atoms with Gasteiger partial charge in [-0.15, -0.1) is 0 Å². The number of rotatable bonds is 6. The van der Waals surface area contributed by atoms with Crippen molar-refractivity contribution in [2.24, 2.45) is 0 Å². The van der Waals surface area contributed by atoms with Gasteiger partial charge in [0.1, 0.15) is 6.23 Å². The van der Waals surface area contributed by atoms with Gasteiger partial charge in [-0.1, -0.05) is 0 Å². The average Bonchev–Trinajstić information content (AvgIpc) is 3.29. The normalized spacial score (nSPS) is 16.5. The molecule has 9 nitrogen and oxygen atoms in total. The summed E-state index contributed by atoms with van der Waals surface area (Å²) < 4.78 is 12.9. The lowest BCUT2D eigenvalue weighted by molar-refractivity contribution is -0.0395. The van der Waals surface area contributed by atoms with Crippen LogP contribution >= 0.6 is 15.9 Å². The minimum absolute atomic E-state index is 0.0566. The zero-order chi connectivity index (χ0) is 19.2. The maximum atomic E-state index is 12.4. The van der Waals surface area contributed by atoms with Gasteiger partial charge in [0.05, 0.1) is 24.4 Å². The van der Waals surface area contributed by atoms with Gasteiger partial charge in [-0.2, -0.15) is 10.4 Å². The van der Waals surface area contributed by atoms with E-state index in [-0.39, 0.29) is 36.3 Å². The van der Waals surface area contributed by atoms with E-state index in [0.29, 0.717) is 11.3 Å².